The summed E-state index contributed by atoms with van der Waals surface area (Å²) >= 11 is 0. The van der Waals surface area contributed by atoms with E-state index >= 15 is 0 Å². The molecular weight excluding hydrogens is 286 g/mol. The SMILES string of the molecule is CC(C)(C)[C@H](NC(=O)OCc1ccccc1)[C@H](O)CC(=O)O. The van der Waals surface area contributed by atoms with Crippen molar-refractivity contribution in [1.29, 1.82) is 0 Å². The quantitative estimate of drug-likeness (QED) is 0.748. The number of hydrogen-bond donors (Lipinski definition) is 3. The number of carbonyl (C=O) groups is 2. The minimum Gasteiger partial charge on any atom is -0.481 e. The van der Waals surface area contributed by atoms with E-state index in [9.17, 15) is 14.7 Å². The molecule has 1 aromatic carbocycles. The molecule has 0 aromatic heterocycles. The fraction of sp³-hybridized carbons (Fsp3) is 0.500. The molecule has 1 aromatic rings. The highest BCUT2D eigenvalue weighted by atomic mass is 16.5. The first-order valence-electron chi connectivity index (χ1n) is 7.07. The third kappa shape index (κ3) is 6.13. The zero-order valence-corrected chi connectivity index (χ0v) is 13.1. The van der Waals surface area contributed by atoms with Crippen molar-refractivity contribution in [3.63, 3.8) is 0 Å². The molecule has 6 nitrogen and oxygen atoms in total. The zero-order chi connectivity index (χ0) is 16.8. The van der Waals surface area contributed by atoms with E-state index in [4.69, 9.17) is 9.84 Å². The maximum Gasteiger partial charge on any atom is 0.407 e. The highest BCUT2D eigenvalue weighted by Crippen LogP contribution is 2.23. The third-order valence-corrected chi connectivity index (χ3v) is 3.19. The first-order chi connectivity index (χ1) is 10.2. The van der Waals surface area contributed by atoms with Crippen LogP contribution in [0.2, 0.25) is 0 Å². The maximum absolute atomic E-state index is 11.9. The van der Waals surface area contributed by atoms with E-state index in [1.54, 1.807) is 20.8 Å². The Morgan fingerprint density at radius 1 is 1.23 bits per heavy atom. The molecule has 122 valence electrons. The van der Waals surface area contributed by atoms with Crippen LogP contribution in [0.4, 0.5) is 4.79 Å². The number of aliphatic carboxylic acids is 1. The third-order valence-electron chi connectivity index (χ3n) is 3.19. The summed E-state index contributed by atoms with van der Waals surface area (Å²) in [6.07, 6.45) is -2.32. The van der Waals surface area contributed by atoms with Gasteiger partial charge in [-0.25, -0.2) is 4.79 Å². The Bertz CT molecular complexity index is 495. The molecule has 0 aliphatic carbocycles. The molecule has 0 radical (unpaired) electrons. The monoisotopic (exact) mass is 309 g/mol. The van der Waals surface area contributed by atoms with Crippen LogP contribution >= 0.6 is 0 Å². The van der Waals surface area contributed by atoms with Gasteiger partial charge >= 0.3 is 12.1 Å². The molecule has 0 unspecified atom stereocenters. The summed E-state index contributed by atoms with van der Waals surface area (Å²) in [6.45, 7) is 5.53. The van der Waals surface area contributed by atoms with Gasteiger partial charge in [-0.05, 0) is 11.0 Å². The first-order valence-corrected chi connectivity index (χ1v) is 7.07. The van der Waals surface area contributed by atoms with Crippen molar-refractivity contribution < 1.29 is 24.5 Å². The Balaban J connectivity index is 2.61. The van der Waals surface area contributed by atoms with Gasteiger partial charge in [-0.15, -0.1) is 0 Å². The van der Waals surface area contributed by atoms with Crippen LogP contribution in [0.5, 0.6) is 0 Å². The lowest BCUT2D eigenvalue weighted by atomic mass is 9.82. The Labute approximate surface area is 130 Å². The summed E-state index contributed by atoms with van der Waals surface area (Å²) in [7, 11) is 0. The molecule has 22 heavy (non-hydrogen) atoms. The number of nitrogens with one attached hydrogen (secondary N) is 1. The van der Waals surface area contributed by atoms with Crippen molar-refractivity contribution in [1.82, 2.24) is 5.32 Å². The van der Waals surface area contributed by atoms with Crippen molar-refractivity contribution in [2.75, 3.05) is 0 Å². The number of benzene rings is 1. The van der Waals surface area contributed by atoms with Crippen molar-refractivity contribution in [3.05, 3.63) is 35.9 Å². The molecule has 0 aliphatic rings. The average molecular weight is 309 g/mol. The second-order valence-corrected chi connectivity index (χ2v) is 6.21. The Morgan fingerprint density at radius 2 is 1.82 bits per heavy atom. The van der Waals surface area contributed by atoms with E-state index in [1.807, 2.05) is 30.3 Å². The summed E-state index contributed by atoms with van der Waals surface area (Å²) in [5.74, 6) is -1.12. The normalized spacial score (nSPS) is 14.0. The number of amides is 1. The molecule has 0 spiro atoms. The van der Waals surface area contributed by atoms with Crippen molar-refractivity contribution in [2.24, 2.45) is 5.41 Å². The second-order valence-electron chi connectivity index (χ2n) is 6.21. The molecule has 0 saturated heterocycles. The standard InChI is InChI=1S/C16H23NO5/c1-16(2,3)14(12(18)9-13(19)20)17-15(21)22-10-11-7-5-4-6-8-11/h4-8,12,14,18H,9-10H2,1-3H3,(H,17,21)(H,19,20)/t12-,14-/m1/s1. The highest BCUT2D eigenvalue weighted by Gasteiger charge is 2.34. The van der Waals surface area contributed by atoms with Crippen LogP contribution < -0.4 is 5.32 Å². The fourth-order valence-corrected chi connectivity index (χ4v) is 2.08. The summed E-state index contributed by atoms with van der Waals surface area (Å²) in [5.41, 5.74) is 0.330. The number of carboxylic acid groups (broad SMARTS) is 1. The molecule has 0 heterocycles. The van der Waals surface area contributed by atoms with Crippen LogP contribution in [0.15, 0.2) is 30.3 Å². The molecule has 6 heteroatoms. The van der Waals surface area contributed by atoms with Gasteiger partial charge in [0.05, 0.1) is 18.6 Å². The number of aliphatic hydroxyl groups excluding tert-OH is 1. The van der Waals surface area contributed by atoms with Crippen LogP contribution in [0, 0.1) is 5.41 Å². The molecule has 0 bridgehead atoms. The van der Waals surface area contributed by atoms with Gasteiger partial charge in [-0.3, -0.25) is 4.79 Å². The van der Waals surface area contributed by atoms with E-state index in [-0.39, 0.29) is 6.61 Å². The summed E-state index contributed by atoms with van der Waals surface area (Å²) in [6, 6.07) is 8.46. The maximum atomic E-state index is 11.9. The number of aliphatic hydroxyl groups is 1. The topological polar surface area (TPSA) is 95.9 Å². The molecule has 0 aliphatic heterocycles. The van der Waals surface area contributed by atoms with Crippen LogP contribution in [-0.4, -0.2) is 34.4 Å². The average Bonchev–Trinajstić information content (AvgIpc) is 2.41. The first kappa shape index (κ1) is 18.0. The Kier molecular flexibility index (Phi) is 6.37. The van der Waals surface area contributed by atoms with Gasteiger partial charge in [-0.2, -0.15) is 0 Å². The minimum atomic E-state index is -1.19. The highest BCUT2D eigenvalue weighted by molar-refractivity contribution is 5.69. The fourth-order valence-electron chi connectivity index (χ4n) is 2.08. The predicted molar refractivity (Wildman–Crippen MR) is 81.3 cm³/mol. The summed E-state index contributed by atoms with van der Waals surface area (Å²) < 4.78 is 5.10. The predicted octanol–water partition coefficient (Wildman–Crippen LogP) is 2.16. The molecule has 0 saturated carbocycles. The number of hydrogen-bond acceptors (Lipinski definition) is 4. The second kappa shape index (κ2) is 7.79. The number of carboxylic acids is 1. The smallest absolute Gasteiger partial charge is 0.407 e. The molecule has 1 amide bonds. The van der Waals surface area contributed by atoms with Crippen molar-refractivity contribution in [2.45, 2.75) is 45.9 Å². The van der Waals surface area contributed by atoms with E-state index in [1.165, 1.54) is 0 Å². The van der Waals surface area contributed by atoms with Gasteiger partial charge in [0, 0.05) is 0 Å². The number of alkyl carbamates (subject to hydrolysis) is 1. The minimum absolute atomic E-state index is 0.110. The van der Waals surface area contributed by atoms with Crippen LogP contribution in [0.1, 0.15) is 32.8 Å². The van der Waals surface area contributed by atoms with Gasteiger partial charge in [0.2, 0.25) is 0 Å². The summed E-state index contributed by atoms with van der Waals surface area (Å²) in [5, 5.41) is 21.3. The lowest BCUT2D eigenvalue weighted by Crippen LogP contribution is -2.51. The molecular formula is C16H23NO5. The number of rotatable bonds is 6. The number of carbonyl (C=O) groups excluding carboxylic acids is 1. The molecule has 3 N–H and O–H groups in total. The molecule has 1 rings (SSSR count). The van der Waals surface area contributed by atoms with Gasteiger partial charge in [0.1, 0.15) is 6.61 Å². The van der Waals surface area contributed by atoms with Crippen LogP contribution in [0.25, 0.3) is 0 Å². The lowest BCUT2D eigenvalue weighted by Gasteiger charge is -2.34. The molecule has 0 fully saturated rings. The van der Waals surface area contributed by atoms with E-state index in [0.717, 1.165) is 5.56 Å². The largest absolute Gasteiger partial charge is 0.481 e. The van der Waals surface area contributed by atoms with Crippen molar-refractivity contribution >= 4 is 12.1 Å². The van der Waals surface area contributed by atoms with Gasteiger partial charge in [0.25, 0.3) is 0 Å². The van der Waals surface area contributed by atoms with E-state index in [0.29, 0.717) is 0 Å². The van der Waals surface area contributed by atoms with Gasteiger partial charge in [0.15, 0.2) is 0 Å². The van der Waals surface area contributed by atoms with E-state index < -0.39 is 36.0 Å². The zero-order valence-electron chi connectivity index (χ0n) is 13.1. The van der Waals surface area contributed by atoms with Gasteiger partial charge in [-0.1, -0.05) is 51.1 Å². The lowest BCUT2D eigenvalue weighted by molar-refractivity contribution is -0.140. The summed E-state index contributed by atoms with van der Waals surface area (Å²) in [4.78, 5) is 22.6. The van der Waals surface area contributed by atoms with Gasteiger partial charge < -0.3 is 20.3 Å². The number of ether oxygens (including phenoxy) is 1. The van der Waals surface area contributed by atoms with Crippen LogP contribution in [0.3, 0.4) is 0 Å². The van der Waals surface area contributed by atoms with Crippen molar-refractivity contribution in [3.8, 4) is 0 Å². The Morgan fingerprint density at radius 3 is 2.32 bits per heavy atom. The molecule has 2 atom stereocenters. The van der Waals surface area contributed by atoms with E-state index in [2.05, 4.69) is 5.32 Å². The van der Waals surface area contributed by atoms with Crippen LogP contribution in [-0.2, 0) is 16.1 Å². The Hall–Kier alpha value is -2.08.